The van der Waals surface area contributed by atoms with Gasteiger partial charge in [-0.2, -0.15) is 0 Å². The van der Waals surface area contributed by atoms with Crippen molar-refractivity contribution in [1.82, 2.24) is 0 Å². The summed E-state index contributed by atoms with van der Waals surface area (Å²) in [5, 5.41) is 10.1. The summed E-state index contributed by atoms with van der Waals surface area (Å²) < 4.78 is 4.88. The second kappa shape index (κ2) is 3.49. The van der Waals surface area contributed by atoms with Crippen molar-refractivity contribution < 1.29 is 14.3 Å². The van der Waals surface area contributed by atoms with Crippen LogP contribution in [0.25, 0.3) is 10.8 Å². The highest BCUT2D eigenvalue weighted by atomic mass is 35.5. The molecule has 13 heavy (non-hydrogen) atoms. The Bertz CT molecular complexity index is 433. The molecule has 0 amide bonds. The lowest BCUT2D eigenvalue weighted by Gasteiger charge is -1.87. The number of halogens is 1. The van der Waals surface area contributed by atoms with Gasteiger partial charge in [-0.3, -0.25) is 0 Å². The molecule has 0 aliphatic rings. The van der Waals surface area contributed by atoms with E-state index in [0.717, 1.165) is 5.39 Å². The zero-order valence-electron chi connectivity index (χ0n) is 6.56. The van der Waals surface area contributed by atoms with Gasteiger partial charge in [0.25, 0.3) is 0 Å². The second-order valence-electron chi connectivity index (χ2n) is 2.46. The lowest BCUT2D eigenvalue weighted by Crippen LogP contribution is -1.92. The average molecular weight is 199 g/mol. The molecule has 0 aliphatic carbocycles. The van der Waals surface area contributed by atoms with Gasteiger partial charge in [-0.05, 0) is 0 Å². The highest BCUT2D eigenvalue weighted by molar-refractivity contribution is 6.01. The molecular weight excluding hydrogens is 192 g/mol. The summed E-state index contributed by atoms with van der Waals surface area (Å²) in [6.45, 7) is 0. The molecule has 68 valence electrons. The first kappa shape index (κ1) is 9.61. The van der Waals surface area contributed by atoms with Crippen molar-refractivity contribution in [3.8, 4) is 0 Å². The Morgan fingerprint density at radius 3 is 2.69 bits per heavy atom. The first-order valence-corrected chi connectivity index (χ1v) is 3.48. The summed E-state index contributed by atoms with van der Waals surface area (Å²) in [5.41, 5.74) is 0. The molecule has 0 atom stereocenters. The quantitative estimate of drug-likeness (QED) is 0.766. The van der Waals surface area contributed by atoms with E-state index in [1.165, 1.54) is 6.26 Å². The second-order valence-corrected chi connectivity index (χ2v) is 2.46. The van der Waals surface area contributed by atoms with Gasteiger partial charge in [-0.15, -0.1) is 12.4 Å². The third-order valence-corrected chi connectivity index (χ3v) is 1.70. The molecule has 0 aliphatic heterocycles. The molecule has 0 spiro atoms. The van der Waals surface area contributed by atoms with Crippen LogP contribution in [0.15, 0.2) is 34.9 Å². The summed E-state index contributed by atoms with van der Waals surface area (Å²) in [6.07, 6.45) is 1.44. The van der Waals surface area contributed by atoms with Crippen LogP contribution < -0.4 is 0 Å². The van der Waals surface area contributed by atoms with Crippen molar-refractivity contribution in [2.24, 2.45) is 0 Å². The first-order valence-electron chi connectivity index (χ1n) is 3.48. The van der Waals surface area contributed by atoms with Crippen LogP contribution in [0.2, 0.25) is 0 Å². The van der Waals surface area contributed by atoms with Crippen molar-refractivity contribution in [2.75, 3.05) is 0 Å². The number of carbonyl (C=O) groups is 1. The number of carboxylic acids is 1. The number of furan rings is 1. The fourth-order valence-electron chi connectivity index (χ4n) is 1.16. The van der Waals surface area contributed by atoms with Gasteiger partial charge in [0.05, 0.1) is 6.26 Å². The van der Waals surface area contributed by atoms with Gasteiger partial charge in [0.2, 0.25) is 5.76 Å². The zero-order valence-corrected chi connectivity index (χ0v) is 7.38. The molecule has 0 fully saturated rings. The molecule has 2 aromatic rings. The van der Waals surface area contributed by atoms with Crippen LogP contribution in [0.5, 0.6) is 0 Å². The third-order valence-electron chi connectivity index (χ3n) is 1.70. The third kappa shape index (κ3) is 1.51. The number of rotatable bonds is 1. The molecule has 1 heterocycles. The van der Waals surface area contributed by atoms with E-state index < -0.39 is 5.97 Å². The maximum Gasteiger partial charge on any atom is 0.372 e. The Hall–Kier alpha value is -1.48. The Morgan fingerprint density at radius 2 is 2.00 bits per heavy atom. The summed E-state index contributed by atoms with van der Waals surface area (Å²) in [5.74, 6) is -1.03. The van der Waals surface area contributed by atoms with Crippen molar-refractivity contribution in [1.29, 1.82) is 0 Å². The molecule has 1 aromatic carbocycles. The molecule has 0 unspecified atom stereocenters. The summed E-state index contributed by atoms with van der Waals surface area (Å²) >= 11 is 0. The van der Waals surface area contributed by atoms with Gasteiger partial charge in [-0.25, -0.2) is 4.79 Å². The average Bonchev–Trinajstić information content (AvgIpc) is 2.47. The molecule has 0 bridgehead atoms. The lowest BCUT2D eigenvalue weighted by atomic mass is 10.2. The molecule has 0 radical (unpaired) electrons. The molecule has 0 saturated heterocycles. The van der Waals surface area contributed by atoms with E-state index in [2.05, 4.69) is 0 Å². The fraction of sp³-hybridized carbons (Fsp3) is 0. The Balaban J connectivity index is 0.000000845. The number of carboxylic acid groups (broad SMARTS) is 1. The smallest absolute Gasteiger partial charge is 0.372 e. The maximum absolute atomic E-state index is 10.6. The van der Waals surface area contributed by atoms with E-state index in [1.807, 2.05) is 12.1 Å². The molecule has 2 rings (SSSR count). The number of aromatic carboxylic acids is 1. The van der Waals surface area contributed by atoms with Crippen molar-refractivity contribution >= 4 is 29.1 Å². The van der Waals surface area contributed by atoms with E-state index in [9.17, 15) is 4.79 Å². The number of benzene rings is 1. The predicted octanol–water partition coefficient (Wildman–Crippen LogP) is 2.55. The SMILES string of the molecule is Cl.O=C(O)c1occ2ccccc12. The minimum absolute atomic E-state index is 0. The van der Waals surface area contributed by atoms with E-state index in [0.29, 0.717) is 5.39 Å². The zero-order chi connectivity index (χ0) is 8.55. The van der Waals surface area contributed by atoms with E-state index in [1.54, 1.807) is 12.1 Å². The first-order chi connectivity index (χ1) is 5.79. The van der Waals surface area contributed by atoms with Crippen LogP contribution in [-0.4, -0.2) is 11.1 Å². The number of hydrogen-bond donors (Lipinski definition) is 1. The lowest BCUT2D eigenvalue weighted by molar-refractivity contribution is 0.0665. The predicted molar refractivity (Wildman–Crippen MR) is 50.4 cm³/mol. The summed E-state index contributed by atoms with van der Waals surface area (Å²) in [4.78, 5) is 10.6. The van der Waals surface area contributed by atoms with Crippen molar-refractivity contribution in [2.45, 2.75) is 0 Å². The maximum atomic E-state index is 10.6. The van der Waals surface area contributed by atoms with Crippen LogP contribution in [-0.2, 0) is 0 Å². The van der Waals surface area contributed by atoms with E-state index in [-0.39, 0.29) is 18.2 Å². The van der Waals surface area contributed by atoms with Crippen molar-refractivity contribution in [3.63, 3.8) is 0 Å². The van der Waals surface area contributed by atoms with E-state index >= 15 is 0 Å². The Labute approximate surface area is 80.4 Å². The van der Waals surface area contributed by atoms with Crippen molar-refractivity contribution in [3.05, 3.63) is 36.3 Å². The highest BCUT2D eigenvalue weighted by Crippen LogP contribution is 2.19. The van der Waals surface area contributed by atoms with E-state index in [4.69, 9.17) is 9.52 Å². The largest absolute Gasteiger partial charge is 0.475 e. The normalized spacial score (nSPS) is 9.54. The van der Waals surface area contributed by atoms with Crippen LogP contribution in [0, 0.1) is 0 Å². The minimum Gasteiger partial charge on any atom is -0.475 e. The fourth-order valence-corrected chi connectivity index (χ4v) is 1.16. The topological polar surface area (TPSA) is 50.4 Å². The minimum atomic E-state index is -1.03. The molecule has 1 N–H and O–H groups in total. The summed E-state index contributed by atoms with van der Waals surface area (Å²) in [6, 6.07) is 7.15. The monoisotopic (exact) mass is 198 g/mol. The molecule has 1 aromatic heterocycles. The molecule has 0 saturated carbocycles. The van der Waals surface area contributed by atoms with Gasteiger partial charge in [0, 0.05) is 10.8 Å². The molecule has 4 heteroatoms. The molecular formula is C9H7ClO3. The van der Waals surface area contributed by atoms with Crippen LogP contribution in [0.4, 0.5) is 0 Å². The van der Waals surface area contributed by atoms with Gasteiger partial charge in [-0.1, -0.05) is 24.3 Å². The van der Waals surface area contributed by atoms with Crippen LogP contribution >= 0.6 is 12.4 Å². The van der Waals surface area contributed by atoms with Gasteiger partial charge >= 0.3 is 5.97 Å². The standard InChI is InChI=1S/C9H6O3.ClH/c10-9(11)8-7-4-2-1-3-6(7)5-12-8;/h1-5H,(H,10,11);1H. The van der Waals surface area contributed by atoms with Gasteiger partial charge < -0.3 is 9.52 Å². The number of fused-ring (bicyclic) bond motifs is 1. The van der Waals surface area contributed by atoms with Gasteiger partial charge in [0.15, 0.2) is 0 Å². The van der Waals surface area contributed by atoms with Crippen LogP contribution in [0.1, 0.15) is 10.6 Å². The Morgan fingerprint density at radius 1 is 1.31 bits per heavy atom. The number of hydrogen-bond acceptors (Lipinski definition) is 2. The van der Waals surface area contributed by atoms with Gasteiger partial charge in [0.1, 0.15) is 0 Å². The van der Waals surface area contributed by atoms with Crippen LogP contribution in [0.3, 0.4) is 0 Å². The molecule has 3 nitrogen and oxygen atoms in total. The summed E-state index contributed by atoms with van der Waals surface area (Å²) in [7, 11) is 0. The highest BCUT2D eigenvalue weighted by Gasteiger charge is 2.11. The Kier molecular flexibility index (Phi) is 2.58.